The molecule has 0 aliphatic carbocycles. The molecule has 1 atom stereocenters. The number of carboxylic acids is 1. The molecule has 1 aliphatic heterocycles. The zero-order valence-corrected chi connectivity index (χ0v) is 12.2. The van der Waals surface area contributed by atoms with Gasteiger partial charge >= 0.3 is 18.0 Å². The Morgan fingerprint density at radius 1 is 1.48 bits per heavy atom. The minimum atomic E-state index is -1.22. The third kappa shape index (κ3) is 4.07. The summed E-state index contributed by atoms with van der Waals surface area (Å²) in [5.74, 6) is -2.28. The quantitative estimate of drug-likeness (QED) is 0.635. The maximum atomic E-state index is 12.5. The fourth-order valence-electron chi connectivity index (χ4n) is 1.90. The van der Waals surface area contributed by atoms with E-state index in [0.717, 1.165) is 4.90 Å². The molecule has 0 saturated carbocycles. The lowest BCUT2D eigenvalue weighted by Crippen LogP contribution is -2.62. The van der Waals surface area contributed by atoms with Crippen LogP contribution in [0.25, 0.3) is 0 Å². The van der Waals surface area contributed by atoms with E-state index in [9.17, 15) is 19.2 Å². The SMILES string of the molecule is COC(=O)CN(C(=O)N1CC(=O)NCC1C(=O)O)C(C)C. The molecule has 1 heterocycles. The van der Waals surface area contributed by atoms with Crippen LogP contribution in [0.4, 0.5) is 4.79 Å². The van der Waals surface area contributed by atoms with Crippen LogP contribution in [0.1, 0.15) is 13.8 Å². The number of carbonyl (C=O) groups excluding carboxylic acids is 3. The van der Waals surface area contributed by atoms with E-state index < -0.39 is 29.9 Å². The van der Waals surface area contributed by atoms with Gasteiger partial charge in [0.05, 0.1) is 7.11 Å². The Balaban J connectivity index is 2.95. The molecule has 0 aromatic heterocycles. The normalized spacial score (nSPS) is 18.2. The minimum Gasteiger partial charge on any atom is -0.480 e. The number of nitrogens with one attached hydrogen (secondary N) is 1. The van der Waals surface area contributed by atoms with Crippen LogP contribution < -0.4 is 5.32 Å². The Hall–Kier alpha value is -2.32. The van der Waals surface area contributed by atoms with Gasteiger partial charge in [0, 0.05) is 12.6 Å². The molecule has 1 fully saturated rings. The fourth-order valence-corrected chi connectivity index (χ4v) is 1.90. The number of hydrogen-bond acceptors (Lipinski definition) is 5. The molecule has 0 radical (unpaired) electrons. The summed E-state index contributed by atoms with van der Waals surface area (Å²) in [7, 11) is 1.19. The lowest BCUT2D eigenvalue weighted by molar-refractivity contribution is -0.144. The van der Waals surface area contributed by atoms with Gasteiger partial charge in [0.15, 0.2) is 0 Å². The summed E-state index contributed by atoms with van der Waals surface area (Å²) < 4.78 is 4.52. The van der Waals surface area contributed by atoms with E-state index in [1.807, 2.05) is 0 Å². The van der Waals surface area contributed by atoms with Crippen molar-refractivity contribution in [2.45, 2.75) is 25.9 Å². The fraction of sp³-hybridized carbons (Fsp3) is 0.667. The summed E-state index contributed by atoms with van der Waals surface area (Å²) in [5, 5.41) is 11.5. The number of nitrogens with zero attached hydrogens (tertiary/aromatic N) is 2. The summed E-state index contributed by atoms with van der Waals surface area (Å²) in [6, 6.07) is -2.19. The molecule has 9 nitrogen and oxygen atoms in total. The average Bonchev–Trinajstić information content (AvgIpc) is 2.42. The van der Waals surface area contributed by atoms with Crippen molar-refractivity contribution >= 4 is 23.9 Å². The number of hydrogen-bond donors (Lipinski definition) is 2. The van der Waals surface area contributed by atoms with Gasteiger partial charge in [-0.3, -0.25) is 14.5 Å². The van der Waals surface area contributed by atoms with Crippen LogP contribution in [0.15, 0.2) is 0 Å². The van der Waals surface area contributed by atoms with Crippen LogP contribution in [0.3, 0.4) is 0 Å². The Labute approximate surface area is 121 Å². The maximum absolute atomic E-state index is 12.5. The first-order chi connectivity index (χ1) is 9.77. The highest BCUT2D eigenvalue weighted by Crippen LogP contribution is 2.11. The van der Waals surface area contributed by atoms with E-state index in [4.69, 9.17) is 5.11 Å². The van der Waals surface area contributed by atoms with Gasteiger partial charge in [-0.1, -0.05) is 0 Å². The van der Waals surface area contributed by atoms with Crippen molar-refractivity contribution in [1.29, 1.82) is 0 Å². The largest absolute Gasteiger partial charge is 0.480 e. The second kappa shape index (κ2) is 6.91. The van der Waals surface area contributed by atoms with Gasteiger partial charge in [0.25, 0.3) is 0 Å². The van der Waals surface area contributed by atoms with E-state index >= 15 is 0 Å². The standard InChI is InChI=1S/C12H19N3O6/c1-7(2)14(6-10(17)21-3)12(20)15-5-9(16)13-4-8(15)11(18)19/h7-8H,4-6H2,1-3H3,(H,13,16)(H,18,19). The second-order valence-electron chi connectivity index (χ2n) is 4.87. The first kappa shape index (κ1) is 16.7. The molecule has 0 aromatic rings. The molecule has 2 N–H and O–H groups in total. The zero-order chi connectivity index (χ0) is 16.2. The highest BCUT2D eigenvalue weighted by Gasteiger charge is 2.38. The van der Waals surface area contributed by atoms with Crippen LogP contribution in [0.2, 0.25) is 0 Å². The molecule has 1 rings (SSSR count). The number of urea groups is 1. The third-order valence-corrected chi connectivity index (χ3v) is 3.11. The number of ether oxygens (including phenoxy) is 1. The first-order valence-electron chi connectivity index (χ1n) is 6.41. The first-order valence-corrected chi connectivity index (χ1v) is 6.41. The van der Waals surface area contributed by atoms with Crippen molar-refractivity contribution in [2.24, 2.45) is 0 Å². The smallest absolute Gasteiger partial charge is 0.328 e. The highest BCUT2D eigenvalue weighted by molar-refractivity contribution is 5.91. The Bertz CT molecular complexity index is 450. The lowest BCUT2D eigenvalue weighted by atomic mass is 10.2. The maximum Gasteiger partial charge on any atom is 0.328 e. The number of amides is 3. The second-order valence-corrected chi connectivity index (χ2v) is 4.87. The van der Waals surface area contributed by atoms with E-state index in [1.165, 1.54) is 12.0 Å². The van der Waals surface area contributed by atoms with Gasteiger partial charge in [-0.15, -0.1) is 0 Å². The number of piperazine rings is 1. The average molecular weight is 301 g/mol. The molecule has 21 heavy (non-hydrogen) atoms. The molecule has 0 spiro atoms. The number of rotatable bonds is 4. The summed E-state index contributed by atoms with van der Waals surface area (Å²) >= 11 is 0. The van der Waals surface area contributed by atoms with E-state index in [2.05, 4.69) is 10.1 Å². The predicted octanol–water partition coefficient (Wildman–Crippen LogP) is -1.13. The summed E-state index contributed by atoms with van der Waals surface area (Å²) in [4.78, 5) is 48.5. The molecule has 9 heteroatoms. The van der Waals surface area contributed by atoms with Crippen LogP contribution in [-0.2, 0) is 19.1 Å². The molecular formula is C12H19N3O6. The van der Waals surface area contributed by atoms with Crippen LogP contribution in [-0.4, -0.2) is 77.6 Å². The van der Waals surface area contributed by atoms with Crippen molar-refractivity contribution < 1.29 is 29.0 Å². The summed E-state index contributed by atoms with van der Waals surface area (Å²) in [6.45, 7) is 2.53. The number of aliphatic carboxylic acids is 1. The lowest BCUT2D eigenvalue weighted by Gasteiger charge is -2.37. The number of methoxy groups -OCH3 is 1. The van der Waals surface area contributed by atoms with Crippen LogP contribution in [0.5, 0.6) is 0 Å². The van der Waals surface area contributed by atoms with Crippen LogP contribution in [0, 0.1) is 0 Å². The summed E-state index contributed by atoms with van der Waals surface area (Å²) in [5.41, 5.74) is 0. The van der Waals surface area contributed by atoms with Crippen molar-refractivity contribution in [3.05, 3.63) is 0 Å². The molecule has 0 bridgehead atoms. The van der Waals surface area contributed by atoms with E-state index in [0.29, 0.717) is 0 Å². The third-order valence-electron chi connectivity index (χ3n) is 3.11. The van der Waals surface area contributed by atoms with Crippen molar-refractivity contribution in [3.8, 4) is 0 Å². The van der Waals surface area contributed by atoms with Crippen molar-refractivity contribution in [2.75, 3.05) is 26.7 Å². The van der Waals surface area contributed by atoms with Crippen LogP contribution >= 0.6 is 0 Å². The van der Waals surface area contributed by atoms with Gasteiger partial charge in [-0.25, -0.2) is 9.59 Å². The minimum absolute atomic E-state index is 0.163. The molecular weight excluding hydrogens is 282 g/mol. The predicted molar refractivity (Wildman–Crippen MR) is 70.4 cm³/mol. The number of carbonyl (C=O) groups is 4. The molecule has 1 aliphatic rings. The Morgan fingerprint density at radius 3 is 2.57 bits per heavy atom. The van der Waals surface area contributed by atoms with E-state index in [1.54, 1.807) is 13.8 Å². The van der Waals surface area contributed by atoms with E-state index in [-0.39, 0.29) is 25.7 Å². The molecule has 1 unspecified atom stereocenters. The van der Waals surface area contributed by atoms with Gasteiger partial charge in [0.1, 0.15) is 19.1 Å². The van der Waals surface area contributed by atoms with Gasteiger partial charge in [0.2, 0.25) is 5.91 Å². The van der Waals surface area contributed by atoms with Crippen molar-refractivity contribution in [1.82, 2.24) is 15.1 Å². The molecule has 0 aromatic carbocycles. The Morgan fingerprint density at radius 2 is 2.10 bits per heavy atom. The molecule has 118 valence electrons. The highest BCUT2D eigenvalue weighted by atomic mass is 16.5. The van der Waals surface area contributed by atoms with Gasteiger partial charge in [-0.05, 0) is 13.8 Å². The summed E-state index contributed by atoms with van der Waals surface area (Å²) in [6.07, 6.45) is 0. The molecule has 3 amide bonds. The number of esters is 1. The van der Waals surface area contributed by atoms with Crippen molar-refractivity contribution in [3.63, 3.8) is 0 Å². The van der Waals surface area contributed by atoms with Gasteiger partial charge in [-0.2, -0.15) is 0 Å². The van der Waals surface area contributed by atoms with Gasteiger partial charge < -0.3 is 20.1 Å². The Kier molecular flexibility index (Phi) is 5.51. The number of carboxylic acid groups (broad SMARTS) is 1. The molecule has 1 saturated heterocycles. The monoisotopic (exact) mass is 301 g/mol. The zero-order valence-electron chi connectivity index (χ0n) is 12.2. The topological polar surface area (TPSA) is 116 Å².